The Morgan fingerprint density at radius 3 is 2.86 bits per heavy atom. The quantitative estimate of drug-likeness (QED) is 0.755. The van der Waals surface area contributed by atoms with Crippen LogP contribution in [0, 0.1) is 5.82 Å². The Labute approximate surface area is 89.7 Å². The molecule has 14 heavy (non-hydrogen) atoms. The van der Waals surface area contributed by atoms with Crippen LogP contribution in [0.4, 0.5) is 4.39 Å². The number of thiol groups is 1. The van der Waals surface area contributed by atoms with Gasteiger partial charge in [0.2, 0.25) is 0 Å². The van der Waals surface area contributed by atoms with Crippen molar-refractivity contribution in [1.29, 1.82) is 0 Å². The zero-order valence-electron chi connectivity index (χ0n) is 8.46. The standard InChI is InChI=1S/C11H15FOS/c1-3-8(2)13-7-9-6-10(12)4-5-11(9)14/h4-6,8,14H,3,7H2,1-2H3/t8-/m1/s1. The molecule has 1 aromatic rings. The second-order valence-corrected chi connectivity index (χ2v) is 3.78. The highest BCUT2D eigenvalue weighted by Gasteiger charge is 2.03. The predicted octanol–water partition coefficient (Wildman–Crippen LogP) is 3.43. The maximum atomic E-state index is 12.9. The summed E-state index contributed by atoms with van der Waals surface area (Å²) in [5.41, 5.74) is 0.800. The van der Waals surface area contributed by atoms with Gasteiger partial charge >= 0.3 is 0 Å². The number of hydrogen-bond donors (Lipinski definition) is 1. The van der Waals surface area contributed by atoms with E-state index in [0.29, 0.717) is 6.61 Å². The molecule has 1 aromatic carbocycles. The van der Waals surface area contributed by atoms with Crippen LogP contribution in [-0.4, -0.2) is 6.10 Å². The van der Waals surface area contributed by atoms with Gasteiger partial charge in [0.15, 0.2) is 0 Å². The highest BCUT2D eigenvalue weighted by Crippen LogP contribution is 2.17. The summed E-state index contributed by atoms with van der Waals surface area (Å²) in [5.74, 6) is -0.245. The Hall–Kier alpha value is -0.540. The largest absolute Gasteiger partial charge is 0.374 e. The number of ether oxygens (including phenoxy) is 1. The van der Waals surface area contributed by atoms with E-state index in [1.807, 2.05) is 6.92 Å². The first-order valence-electron chi connectivity index (χ1n) is 4.72. The molecule has 0 bridgehead atoms. The van der Waals surface area contributed by atoms with Gasteiger partial charge in [-0.15, -0.1) is 12.6 Å². The molecular weight excluding hydrogens is 199 g/mol. The lowest BCUT2D eigenvalue weighted by atomic mass is 10.2. The van der Waals surface area contributed by atoms with Crippen LogP contribution in [0.1, 0.15) is 25.8 Å². The molecule has 1 rings (SSSR count). The van der Waals surface area contributed by atoms with Crippen LogP contribution in [-0.2, 0) is 11.3 Å². The van der Waals surface area contributed by atoms with E-state index < -0.39 is 0 Å². The van der Waals surface area contributed by atoms with Crippen molar-refractivity contribution in [2.24, 2.45) is 0 Å². The van der Waals surface area contributed by atoms with E-state index in [4.69, 9.17) is 4.74 Å². The third-order valence-corrected chi connectivity index (χ3v) is 2.58. The first-order chi connectivity index (χ1) is 6.63. The summed E-state index contributed by atoms with van der Waals surface area (Å²) in [6, 6.07) is 4.51. The van der Waals surface area contributed by atoms with Gasteiger partial charge in [-0.05, 0) is 37.1 Å². The summed E-state index contributed by atoms with van der Waals surface area (Å²) < 4.78 is 18.4. The molecule has 0 saturated heterocycles. The highest BCUT2D eigenvalue weighted by atomic mass is 32.1. The van der Waals surface area contributed by atoms with E-state index in [1.165, 1.54) is 12.1 Å². The lowest BCUT2D eigenvalue weighted by Gasteiger charge is -2.11. The van der Waals surface area contributed by atoms with Crippen molar-refractivity contribution in [3.8, 4) is 0 Å². The molecule has 0 heterocycles. The van der Waals surface area contributed by atoms with Crippen molar-refractivity contribution < 1.29 is 9.13 Å². The van der Waals surface area contributed by atoms with Crippen molar-refractivity contribution in [1.82, 2.24) is 0 Å². The molecule has 0 fully saturated rings. The smallest absolute Gasteiger partial charge is 0.123 e. The third-order valence-electron chi connectivity index (χ3n) is 2.14. The van der Waals surface area contributed by atoms with E-state index in [9.17, 15) is 4.39 Å². The maximum absolute atomic E-state index is 12.9. The van der Waals surface area contributed by atoms with Crippen molar-refractivity contribution in [2.45, 2.75) is 37.9 Å². The molecule has 0 aliphatic carbocycles. The molecule has 1 nitrogen and oxygen atoms in total. The minimum Gasteiger partial charge on any atom is -0.374 e. The van der Waals surface area contributed by atoms with Crippen LogP contribution in [0.5, 0.6) is 0 Å². The zero-order chi connectivity index (χ0) is 10.6. The summed E-state index contributed by atoms with van der Waals surface area (Å²) >= 11 is 4.23. The van der Waals surface area contributed by atoms with Gasteiger partial charge in [0.05, 0.1) is 12.7 Å². The molecule has 0 amide bonds. The third kappa shape index (κ3) is 3.31. The fraction of sp³-hybridized carbons (Fsp3) is 0.455. The molecule has 0 saturated carbocycles. The zero-order valence-corrected chi connectivity index (χ0v) is 9.35. The molecular formula is C11H15FOS. The van der Waals surface area contributed by atoms with E-state index >= 15 is 0 Å². The normalized spacial score (nSPS) is 12.9. The van der Waals surface area contributed by atoms with Gasteiger partial charge in [0.1, 0.15) is 5.82 Å². The number of benzene rings is 1. The summed E-state index contributed by atoms with van der Waals surface area (Å²) in [7, 11) is 0. The van der Waals surface area contributed by atoms with Crippen LogP contribution in [0.15, 0.2) is 23.1 Å². The first kappa shape index (κ1) is 11.5. The van der Waals surface area contributed by atoms with Crippen LogP contribution in [0.25, 0.3) is 0 Å². The predicted molar refractivity (Wildman–Crippen MR) is 58.2 cm³/mol. The molecule has 0 aliphatic heterocycles. The molecule has 0 aliphatic rings. The summed E-state index contributed by atoms with van der Waals surface area (Å²) in [6.45, 7) is 4.47. The lowest BCUT2D eigenvalue weighted by Crippen LogP contribution is -2.06. The molecule has 0 aromatic heterocycles. The average Bonchev–Trinajstić information content (AvgIpc) is 2.19. The second-order valence-electron chi connectivity index (χ2n) is 3.30. The topological polar surface area (TPSA) is 9.23 Å². The Bertz CT molecular complexity index is 301. The minimum atomic E-state index is -0.245. The van der Waals surface area contributed by atoms with E-state index in [2.05, 4.69) is 19.6 Å². The Morgan fingerprint density at radius 2 is 2.21 bits per heavy atom. The second kappa shape index (κ2) is 5.37. The van der Waals surface area contributed by atoms with E-state index in [1.54, 1.807) is 6.07 Å². The van der Waals surface area contributed by atoms with Gasteiger partial charge in [-0.3, -0.25) is 0 Å². The van der Waals surface area contributed by atoms with E-state index in [-0.39, 0.29) is 11.9 Å². The van der Waals surface area contributed by atoms with Gasteiger partial charge in [0.25, 0.3) is 0 Å². The fourth-order valence-corrected chi connectivity index (χ4v) is 1.22. The number of rotatable bonds is 4. The Morgan fingerprint density at radius 1 is 1.50 bits per heavy atom. The van der Waals surface area contributed by atoms with Gasteiger partial charge in [-0.1, -0.05) is 6.92 Å². The summed E-state index contributed by atoms with van der Waals surface area (Å²) in [6.07, 6.45) is 1.16. The Balaban J connectivity index is 2.62. The van der Waals surface area contributed by atoms with Crippen LogP contribution >= 0.6 is 12.6 Å². The molecule has 1 atom stereocenters. The number of hydrogen-bond acceptors (Lipinski definition) is 2. The molecule has 0 spiro atoms. The van der Waals surface area contributed by atoms with E-state index in [0.717, 1.165) is 16.9 Å². The minimum absolute atomic E-state index is 0.200. The maximum Gasteiger partial charge on any atom is 0.123 e. The van der Waals surface area contributed by atoms with Crippen molar-refractivity contribution in [3.63, 3.8) is 0 Å². The van der Waals surface area contributed by atoms with Gasteiger partial charge in [-0.2, -0.15) is 0 Å². The van der Waals surface area contributed by atoms with Crippen molar-refractivity contribution in [3.05, 3.63) is 29.6 Å². The summed E-state index contributed by atoms with van der Waals surface area (Å²) in [4.78, 5) is 0.773. The van der Waals surface area contributed by atoms with Crippen molar-refractivity contribution in [2.75, 3.05) is 0 Å². The molecule has 78 valence electrons. The van der Waals surface area contributed by atoms with Crippen LogP contribution in [0.3, 0.4) is 0 Å². The molecule has 0 N–H and O–H groups in total. The van der Waals surface area contributed by atoms with Gasteiger partial charge < -0.3 is 4.74 Å². The fourth-order valence-electron chi connectivity index (χ4n) is 1.02. The van der Waals surface area contributed by atoms with Gasteiger partial charge in [0, 0.05) is 4.90 Å². The average molecular weight is 214 g/mol. The number of halogens is 1. The molecule has 3 heteroatoms. The SMILES string of the molecule is CC[C@@H](C)OCc1cc(F)ccc1S. The van der Waals surface area contributed by atoms with Gasteiger partial charge in [-0.25, -0.2) is 4.39 Å². The molecule has 0 unspecified atom stereocenters. The Kier molecular flexibility index (Phi) is 4.42. The molecule has 0 radical (unpaired) electrons. The summed E-state index contributed by atoms with van der Waals surface area (Å²) in [5, 5.41) is 0. The van der Waals surface area contributed by atoms with Crippen LogP contribution < -0.4 is 0 Å². The monoisotopic (exact) mass is 214 g/mol. The van der Waals surface area contributed by atoms with Crippen molar-refractivity contribution >= 4 is 12.6 Å². The first-order valence-corrected chi connectivity index (χ1v) is 5.17. The highest BCUT2D eigenvalue weighted by molar-refractivity contribution is 7.80. The van der Waals surface area contributed by atoms with Crippen LogP contribution in [0.2, 0.25) is 0 Å². The lowest BCUT2D eigenvalue weighted by molar-refractivity contribution is 0.0495.